The predicted octanol–water partition coefficient (Wildman–Crippen LogP) is 10.7. The number of hydrogen-bond donors (Lipinski definition) is 0. The molecule has 4 heteroatoms. The van der Waals surface area contributed by atoms with Crippen molar-refractivity contribution in [2.45, 2.75) is 0 Å². The highest BCUT2D eigenvalue weighted by Gasteiger charge is 2.18. The van der Waals surface area contributed by atoms with Gasteiger partial charge >= 0.3 is 0 Å². The Morgan fingerprint density at radius 2 is 1.00 bits per heavy atom. The van der Waals surface area contributed by atoms with E-state index < -0.39 is 0 Å². The molecule has 200 valence electrons. The van der Waals surface area contributed by atoms with Gasteiger partial charge < -0.3 is 0 Å². The van der Waals surface area contributed by atoms with Crippen molar-refractivity contribution >= 4 is 63.8 Å². The Hall–Kier alpha value is -5.45. The SMILES string of the molecule is c1ccc2cc(-c3nc(-c4cccc5ccccc45)nc(-c4cccc5ccc6sc7ccccc7c6c45)n3)ccc2c1. The minimum absolute atomic E-state index is 0.665. The summed E-state index contributed by atoms with van der Waals surface area (Å²) in [7, 11) is 0. The van der Waals surface area contributed by atoms with Crippen LogP contribution in [0.3, 0.4) is 0 Å². The van der Waals surface area contributed by atoms with E-state index in [1.807, 2.05) is 11.3 Å². The Morgan fingerprint density at radius 1 is 0.372 bits per heavy atom. The van der Waals surface area contributed by atoms with Gasteiger partial charge in [0.15, 0.2) is 17.5 Å². The third kappa shape index (κ3) is 3.92. The molecular formula is C39H23N3S. The molecule has 9 rings (SSSR count). The Balaban J connectivity index is 1.37. The van der Waals surface area contributed by atoms with Crippen LogP contribution in [0.5, 0.6) is 0 Å². The van der Waals surface area contributed by atoms with E-state index >= 15 is 0 Å². The highest BCUT2D eigenvalue weighted by Crippen LogP contribution is 2.42. The molecule has 0 atom stereocenters. The molecule has 0 N–H and O–H groups in total. The maximum absolute atomic E-state index is 5.21. The molecule has 0 bridgehead atoms. The van der Waals surface area contributed by atoms with Crippen molar-refractivity contribution in [1.29, 1.82) is 0 Å². The quantitative estimate of drug-likeness (QED) is 0.214. The minimum atomic E-state index is 0.665. The van der Waals surface area contributed by atoms with Crippen molar-refractivity contribution in [3.05, 3.63) is 140 Å². The highest BCUT2D eigenvalue weighted by atomic mass is 32.1. The van der Waals surface area contributed by atoms with Gasteiger partial charge in [0.05, 0.1) is 0 Å². The van der Waals surface area contributed by atoms with Gasteiger partial charge in [-0.25, -0.2) is 15.0 Å². The number of benzene rings is 7. The summed E-state index contributed by atoms with van der Waals surface area (Å²) in [5.74, 6) is 2.01. The van der Waals surface area contributed by atoms with E-state index in [1.54, 1.807) is 0 Å². The molecule has 2 aromatic heterocycles. The largest absolute Gasteiger partial charge is 0.208 e. The van der Waals surface area contributed by atoms with Crippen molar-refractivity contribution in [2.24, 2.45) is 0 Å². The molecule has 0 saturated heterocycles. The molecule has 0 aliphatic carbocycles. The molecule has 0 unspecified atom stereocenters. The lowest BCUT2D eigenvalue weighted by Gasteiger charge is -2.12. The fraction of sp³-hybridized carbons (Fsp3) is 0. The zero-order valence-electron chi connectivity index (χ0n) is 23.0. The van der Waals surface area contributed by atoms with Gasteiger partial charge in [0.2, 0.25) is 0 Å². The molecule has 0 fully saturated rings. The Bertz CT molecular complexity index is 2520. The maximum Gasteiger partial charge on any atom is 0.164 e. The first kappa shape index (κ1) is 24.2. The molecule has 0 spiro atoms. The molecule has 0 aliphatic heterocycles. The molecule has 9 aromatic rings. The van der Waals surface area contributed by atoms with Crippen molar-refractivity contribution in [3.8, 4) is 34.2 Å². The second kappa shape index (κ2) is 9.55. The van der Waals surface area contributed by atoms with Crippen LogP contribution < -0.4 is 0 Å². The van der Waals surface area contributed by atoms with Gasteiger partial charge in [0.1, 0.15) is 0 Å². The van der Waals surface area contributed by atoms with Gasteiger partial charge in [-0.1, -0.05) is 121 Å². The van der Waals surface area contributed by atoms with Gasteiger partial charge in [-0.15, -0.1) is 11.3 Å². The highest BCUT2D eigenvalue weighted by molar-refractivity contribution is 7.26. The van der Waals surface area contributed by atoms with Crippen molar-refractivity contribution in [2.75, 3.05) is 0 Å². The predicted molar refractivity (Wildman–Crippen MR) is 182 cm³/mol. The molecule has 3 nitrogen and oxygen atoms in total. The zero-order chi connectivity index (χ0) is 28.3. The second-order valence-corrected chi connectivity index (χ2v) is 11.9. The van der Waals surface area contributed by atoms with Crippen LogP contribution in [-0.4, -0.2) is 15.0 Å². The fourth-order valence-electron chi connectivity index (χ4n) is 6.27. The lowest BCUT2D eigenvalue weighted by Crippen LogP contribution is -2.01. The number of thiophene rings is 1. The number of aromatic nitrogens is 3. The van der Waals surface area contributed by atoms with Gasteiger partial charge in [-0.2, -0.15) is 0 Å². The van der Waals surface area contributed by atoms with E-state index in [-0.39, 0.29) is 0 Å². The first-order chi connectivity index (χ1) is 21.3. The summed E-state index contributed by atoms with van der Waals surface area (Å²) in [6.45, 7) is 0. The van der Waals surface area contributed by atoms with E-state index in [4.69, 9.17) is 15.0 Å². The van der Waals surface area contributed by atoms with Crippen molar-refractivity contribution < 1.29 is 0 Å². The average molecular weight is 566 g/mol. The zero-order valence-corrected chi connectivity index (χ0v) is 23.8. The summed E-state index contributed by atoms with van der Waals surface area (Å²) in [6, 6.07) is 49.1. The number of nitrogens with zero attached hydrogens (tertiary/aromatic N) is 3. The summed E-state index contributed by atoms with van der Waals surface area (Å²) >= 11 is 1.83. The van der Waals surface area contributed by atoms with Crippen LogP contribution in [-0.2, 0) is 0 Å². The van der Waals surface area contributed by atoms with Crippen molar-refractivity contribution in [3.63, 3.8) is 0 Å². The normalized spacial score (nSPS) is 11.7. The number of hydrogen-bond acceptors (Lipinski definition) is 4. The first-order valence-corrected chi connectivity index (χ1v) is 15.2. The van der Waals surface area contributed by atoms with Gasteiger partial charge in [-0.3, -0.25) is 0 Å². The summed E-state index contributed by atoms with van der Waals surface area (Å²) < 4.78 is 2.54. The van der Waals surface area contributed by atoms with E-state index in [1.165, 1.54) is 36.3 Å². The second-order valence-electron chi connectivity index (χ2n) is 10.8. The number of rotatable bonds is 3. The summed E-state index contributed by atoms with van der Waals surface area (Å²) in [5, 5.41) is 9.50. The minimum Gasteiger partial charge on any atom is -0.208 e. The summed E-state index contributed by atoms with van der Waals surface area (Å²) in [4.78, 5) is 15.5. The topological polar surface area (TPSA) is 38.7 Å². The lowest BCUT2D eigenvalue weighted by atomic mass is 9.98. The molecular weight excluding hydrogens is 543 g/mol. The first-order valence-electron chi connectivity index (χ1n) is 14.4. The molecule has 43 heavy (non-hydrogen) atoms. The van der Waals surface area contributed by atoms with E-state index in [0.717, 1.165) is 32.8 Å². The van der Waals surface area contributed by atoms with Crippen LogP contribution >= 0.6 is 11.3 Å². The van der Waals surface area contributed by atoms with Gasteiger partial charge in [0.25, 0.3) is 0 Å². The third-order valence-corrected chi connectivity index (χ3v) is 9.43. The lowest BCUT2D eigenvalue weighted by molar-refractivity contribution is 1.08. The van der Waals surface area contributed by atoms with Gasteiger partial charge in [-0.05, 0) is 45.1 Å². The standard InChI is InChI=1S/C39H23N3S/c1-2-11-27-23-28(20-19-24(27)9-1)37-40-38(30-16-7-12-25-10-3-4-14-29(25)30)42-39(41-37)32-17-8-13-26-21-22-34-36(35(26)32)31-15-5-6-18-33(31)43-34/h1-23H. The maximum atomic E-state index is 5.21. The molecule has 0 amide bonds. The fourth-order valence-corrected chi connectivity index (χ4v) is 7.39. The van der Waals surface area contributed by atoms with Crippen LogP contribution in [0.2, 0.25) is 0 Å². The Labute approximate surface area is 251 Å². The molecule has 0 saturated carbocycles. The Kier molecular flexibility index (Phi) is 5.37. The third-order valence-electron chi connectivity index (χ3n) is 8.30. The van der Waals surface area contributed by atoms with E-state index in [0.29, 0.717) is 17.5 Å². The molecule has 0 aliphatic rings. The average Bonchev–Trinajstić information content (AvgIpc) is 3.46. The summed E-state index contributed by atoms with van der Waals surface area (Å²) in [6.07, 6.45) is 0. The van der Waals surface area contributed by atoms with E-state index in [9.17, 15) is 0 Å². The molecule has 7 aromatic carbocycles. The summed E-state index contributed by atoms with van der Waals surface area (Å²) in [5.41, 5.74) is 2.97. The van der Waals surface area contributed by atoms with Crippen LogP contribution in [0.25, 0.3) is 86.7 Å². The van der Waals surface area contributed by atoms with Crippen LogP contribution in [0.15, 0.2) is 140 Å². The smallest absolute Gasteiger partial charge is 0.164 e. The van der Waals surface area contributed by atoms with Crippen LogP contribution in [0.4, 0.5) is 0 Å². The Morgan fingerprint density at radius 3 is 1.88 bits per heavy atom. The van der Waals surface area contributed by atoms with Crippen molar-refractivity contribution in [1.82, 2.24) is 15.0 Å². The van der Waals surface area contributed by atoms with Crippen LogP contribution in [0.1, 0.15) is 0 Å². The van der Waals surface area contributed by atoms with Gasteiger partial charge in [0, 0.05) is 42.2 Å². The molecule has 2 heterocycles. The van der Waals surface area contributed by atoms with E-state index in [2.05, 4.69) is 140 Å². The monoisotopic (exact) mass is 565 g/mol. The number of fused-ring (bicyclic) bond motifs is 7. The van der Waals surface area contributed by atoms with Crippen LogP contribution in [0, 0.1) is 0 Å². The molecule has 0 radical (unpaired) electrons.